The number of aryl methyl sites for hydroxylation is 1. The molecule has 0 aliphatic rings. The Bertz CT molecular complexity index is 555. The standard InChI is InChI=1S/C19H26N2O/c1-3-5-6-8-13-17-15-20-18(16-11-9-7-10-12-16)21-19(17)22-14-4-2/h7,9-12,15H,3-6,8,13-14H2,1-2H3. The van der Waals surface area contributed by atoms with E-state index in [9.17, 15) is 0 Å². The highest BCUT2D eigenvalue weighted by atomic mass is 16.5. The third-order valence-electron chi connectivity index (χ3n) is 3.60. The maximum Gasteiger partial charge on any atom is 0.220 e. The normalized spacial score (nSPS) is 10.6. The lowest BCUT2D eigenvalue weighted by atomic mass is 10.1. The molecule has 0 amide bonds. The van der Waals surface area contributed by atoms with Crippen LogP contribution in [0.3, 0.4) is 0 Å². The zero-order valence-corrected chi connectivity index (χ0v) is 13.7. The van der Waals surface area contributed by atoms with Crippen molar-refractivity contribution in [1.82, 2.24) is 9.97 Å². The fourth-order valence-electron chi connectivity index (χ4n) is 2.35. The average Bonchev–Trinajstić information content (AvgIpc) is 2.58. The molecular weight excluding hydrogens is 272 g/mol. The summed E-state index contributed by atoms with van der Waals surface area (Å²) in [5.41, 5.74) is 2.16. The minimum atomic E-state index is 0.702. The monoisotopic (exact) mass is 298 g/mol. The van der Waals surface area contributed by atoms with Gasteiger partial charge in [0.25, 0.3) is 0 Å². The zero-order valence-electron chi connectivity index (χ0n) is 13.7. The minimum absolute atomic E-state index is 0.702. The van der Waals surface area contributed by atoms with E-state index in [0.717, 1.165) is 35.7 Å². The molecule has 0 atom stereocenters. The topological polar surface area (TPSA) is 35.0 Å². The van der Waals surface area contributed by atoms with E-state index in [1.165, 1.54) is 25.7 Å². The molecule has 3 nitrogen and oxygen atoms in total. The van der Waals surface area contributed by atoms with Crippen molar-refractivity contribution >= 4 is 0 Å². The highest BCUT2D eigenvalue weighted by Crippen LogP contribution is 2.22. The summed E-state index contributed by atoms with van der Waals surface area (Å²) in [7, 11) is 0. The van der Waals surface area contributed by atoms with Crippen LogP contribution in [-0.4, -0.2) is 16.6 Å². The van der Waals surface area contributed by atoms with Crippen LogP contribution in [0.1, 0.15) is 51.5 Å². The fraction of sp³-hybridized carbons (Fsp3) is 0.474. The van der Waals surface area contributed by atoms with Crippen LogP contribution in [-0.2, 0) is 6.42 Å². The van der Waals surface area contributed by atoms with Gasteiger partial charge in [0, 0.05) is 17.3 Å². The highest BCUT2D eigenvalue weighted by Gasteiger charge is 2.10. The first-order chi connectivity index (χ1) is 10.8. The van der Waals surface area contributed by atoms with Gasteiger partial charge < -0.3 is 4.74 Å². The van der Waals surface area contributed by atoms with Gasteiger partial charge in [0.1, 0.15) is 0 Å². The number of hydrogen-bond donors (Lipinski definition) is 0. The molecule has 2 rings (SSSR count). The second kappa shape index (κ2) is 9.19. The predicted octanol–water partition coefficient (Wildman–Crippen LogP) is 5.06. The molecule has 0 fully saturated rings. The lowest BCUT2D eigenvalue weighted by molar-refractivity contribution is 0.301. The molecule has 118 valence electrons. The summed E-state index contributed by atoms with van der Waals surface area (Å²) in [6.07, 6.45) is 8.88. The predicted molar refractivity (Wildman–Crippen MR) is 91.1 cm³/mol. The second-order valence-corrected chi connectivity index (χ2v) is 5.55. The molecular formula is C19H26N2O. The molecule has 0 aliphatic heterocycles. The quantitative estimate of drug-likeness (QED) is 0.607. The van der Waals surface area contributed by atoms with Gasteiger partial charge in [-0.3, -0.25) is 0 Å². The van der Waals surface area contributed by atoms with Crippen molar-refractivity contribution in [3.05, 3.63) is 42.1 Å². The number of hydrogen-bond acceptors (Lipinski definition) is 3. The van der Waals surface area contributed by atoms with Gasteiger partial charge >= 0.3 is 0 Å². The Morgan fingerprint density at radius 1 is 0.955 bits per heavy atom. The van der Waals surface area contributed by atoms with Gasteiger partial charge in [0.15, 0.2) is 5.82 Å². The van der Waals surface area contributed by atoms with Crippen LogP contribution in [0, 0.1) is 0 Å². The van der Waals surface area contributed by atoms with Crippen molar-refractivity contribution in [3.63, 3.8) is 0 Å². The van der Waals surface area contributed by atoms with Crippen molar-refractivity contribution in [2.24, 2.45) is 0 Å². The molecule has 1 heterocycles. The number of aromatic nitrogens is 2. The Morgan fingerprint density at radius 3 is 2.50 bits per heavy atom. The number of benzene rings is 1. The molecule has 22 heavy (non-hydrogen) atoms. The molecule has 0 unspecified atom stereocenters. The molecule has 0 aliphatic carbocycles. The molecule has 2 aromatic rings. The number of unbranched alkanes of at least 4 members (excludes halogenated alkanes) is 3. The van der Waals surface area contributed by atoms with Gasteiger partial charge in [-0.25, -0.2) is 4.98 Å². The largest absolute Gasteiger partial charge is 0.477 e. The summed E-state index contributed by atoms with van der Waals surface area (Å²) in [5, 5.41) is 0. The lowest BCUT2D eigenvalue weighted by Gasteiger charge is -2.11. The summed E-state index contributed by atoms with van der Waals surface area (Å²) in [6, 6.07) is 10.1. The van der Waals surface area contributed by atoms with E-state index in [-0.39, 0.29) is 0 Å². The summed E-state index contributed by atoms with van der Waals surface area (Å²) in [5.74, 6) is 1.50. The van der Waals surface area contributed by atoms with Crippen LogP contribution in [0.15, 0.2) is 36.5 Å². The first-order valence-electron chi connectivity index (χ1n) is 8.39. The first kappa shape index (κ1) is 16.5. The fourth-order valence-corrected chi connectivity index (χ4v) is 2.35. The van der Waals surface area contributed by atoms with Gasteiger partial charge in [-0.1, -0.05) is 63.4 Å². The van der Waals surface area contributed by atoms with E-state index < -0.39 is 0 Å². The van der Waals surface area contributed by atoms with Gasteiger partial charge in [-0.15, -0.1) is 0 Å². The van der Waals surface area contributed by atoms with E-state index in [2.05, 4.69) is 23.8 Å². The van der Waals surface area contributed by atoms with E-state index in [0.29, 0.717) is 6.61 Å². The van der Waals surface area contributed by atoms with E-state index in [1.807, 2.05) is 36.5 Å². The van der Waals surface area contributed by atoms with Gasteiger partial charge in [0.2, 0.25) is 5.88 Å². The molecule has 0 radical (unpaired) electrons. The third-order valence-corrected chi connectivity index (χ3v) is 3.60. The van der Waals surface area contributed by atoms with Crippen molar-refractivity contribution < 1.29 is 4.74 Å². The molecule has 3 heteroatoms. The molecule has 0 spiro atoms. The molecule has 0 saturated heterocycles. The van der Waals surface area contributed by atoms with Crippen molar-refractivity contribution in [3.8, 4) is 17.3 Å². The van der Waals surface area contributed by atoms with Gasteiger partial charge in [0.05, 0.1) is 6.61 Å². The van der Waals surface area contributed by atoms with Crippen molar-refractivity contribution in [1.29, 1.82) is 0 Å². The maximum absolute atomic E-state index is 5.85. The van der Waals surface area contributed by atoms with E-state index in [1.54, 1.807) is 0 Å². The van der Waals surface area contributed by atoms with Crippen LogP contribution in [0.5, 0.6) is 5.88 Å². The van der Waals surface area contributed by atoms with Crippen LogP contribution in [0.4, 0.5) is 0 Å². The van der Waals surface area contributed by atoms with Crippen molar-refractivity contribution in [2.45, 2.75) is 52.4 Å². The molecule has 1 aromatic heterocycles. The Hall–Kier alpha value is -1.90. The van der Waals surface area contributed by atoms with Crippen LogP contribution in [0.25, 0.3) is 11.4 Å². The van der Waals surface area contributed by atoms with Crippen molar-refractivity contribution in [2.75, 3.05) is 6.61 Å². The van der Waals surface area contributed by atoms with Crippen LogP contribution >= 0.6 is 0 Å². The summed E-state index contributed by atoms with van der Waals surface area (Å²) < 4.78 is 5.85. The Balaban J connectivity index is 2.15. The first-order valence-corrected chi connectivity index (χ1v) is 8.39. The zero-order chi connectivity index (χ0) is 15.6. The average molecular weight is 298 g/mol. The minimum Gasteiger partial charge on any atom is -0.477 e. The highest BCUT2D eigenvalue weighted by molar-refractivity contribution is 5.55. The molecule has 0 saturated carbocycles. The summed E-state index contributed by atoms with van der Waals surface area (Å²) >= 11 is 0. The lowest BCUT2D eigenvalue weighted by Crippen LogP contribution is -2.04. The molecule has 0 N–H and O–H groups in total. The Kier molecular flexibility index (Phi) is 6.88. The number of rotatable bonds is 9. The number of ether oxygens (including phenoxy) is 1. The Morgan fingerprint density at radius 2 is 1.77 bits per heavy atom. The second-order valence-electron chi connectivity index (χ2n) is 5.55. The molecule has 1 aromatic carbocycles. The summed E-state index contributed by atoms with van der Waals surface area (Å²) in [6.45, 7) is 5.04. The smallest absolute Gasteiger partial charge is 0.220 e. The summed E-state index contributed by atoms with van der Waals surface area (Å²) in [4.78, 5) is 9.17. The SMILES string of the molecule is CCCCCCc1cnc(-c2ccccc2)nc1OCCC. The van der Waals surface area contributed by atoms with Crippen LogP contribution < -0.4 is 4.74 Å². The maximum atomic E-state index is 5.85. The van der Waals surface area contributed by atoms with E-state index >= 15 is 0 Å². The Labute approximate surface area is 133 Å². The van der Waals surface area contributed by atoms with Crippen LogP contribution in [0.2, 0.25) is 0 Å². The third kappa shape index (κ3) is 4.83. The van der Waals surface area contributed by atoms with E-state index in [4.69, 9.17) is 4.74 Å². The number of nitrogens with zero attached hydrogens (tertiary/aromatic N) is 2. The van der Waals surface area contributed by atoms with Gasteiger partial charge in [-0.2, -0.15) is 4.98 Å². The van der Waals surface area contributed by atoms with Gasteiger partial charge in [-0.05, 0) is 19.3 Å². The molecule has 0 bridgehead atoms.